The third-order valence-corrected chi connectivity index (χ3v) is 1.97. The maximum absolute atomic E-state index is 11.0. The van der Waals surface area contributed by atoms with Gasteiger partial charge >= 0.3 is 5.97 Å². The van der Waals surface area contributed by atoms with E-state index in [9.17, 15) is 4.79 Å². The molecule has 0 aromatic carbocycles. The summed E-state index contributed by atoms with van der Waals surface area (Å²) in [5.41, 5.74) is 0. The summed E-state index contributed by atoms with van der Waals surface area (Å²) >= 11 is 0. The number of hydrogen-bond acceptors (Lipinski definition) is 4. The van der Waals surface area contributed by atoms with Crippen LogP contribution < -0.4 is 5.32 Å². The Kier molecular flexibility index (Phi) is 4.66. The minimum absolute atomic E-state index is 0.181. The minimum Gasteiger partial charge on any atom is -0.466 e. The van der Waals surface area contributed by atoms with Crippen molar-refractivity contribution >= 4 is 11.9 Å². The molecule has 1 aromatic rings. The van der Waals surface area contributed by atoms with Crippen LogP contribution in [0.4, 0.5) is 5.95 Å². The zero-order valence-electron chi connectivity index (χ0n) is 9.19. The number of carbonyl (C=O) groups excluding carboxylic acids is 1. The van der Waals surface area contributed by atoms with Gasteiger partial charge in [-0.1, -0.05) is 0 Å². The van der Waals surface area contributed by atoms with Gasteiger partial charge < -0.3 is 14.6 Å². The van der Waals surface area contributed by atoms with Crippen LogP contribution in [0.1, 0.15) is 20.3 Å². The van der Waals surface area contributed by atoms with Gasteiger partial charge in [-0.15, -0.1) is 0 Å². The third kappa shape index (κ3) is 3.61. The number of aryl methyl sites for hydroxylation is 1. The minimum atomic E-state index is -0.181. The third-order valence-electron chi connectivity index (χ3n) is 1.97. The number of rotatable bonds is 6. The number of nitrogens with one attached hydrogen (secondary N) is 1. The lowest BCUT2D eigenvalue weighted by molar-refractivity contribution is -0.142. The molecule has 0 spiro atoms. The molecule has 0 atom stereocenters. The maximum atomic E-state index is 11.0. The van der Waals surface area contributed by atoms with Crippen molar-refractivity contribution in [2.45, 2.75) is 26.8 Å². The van der Waals surface area contributed by atoms with Gasteiger partial charge in [0.2, 0.25) is 5.95 Å². The Labute approximate surface area is 89.4 Å². The smallest absolute Gasteiger partial charge is 0.307 e. The standard InChI is InChI=1S/C10H17N3O2/c1-3-13-8-7-12-10(13)11-6-5-9(14)15-4-2/h7-8H,3-6H2,1-2H3,(H,11,12). The SMILES string of the molecule is CCOC(=O)CCNc1nccn1CC. The molecule has 0 aliphatic carbocycles. The molecule has 0 saturated heterocycles. The second-order valence-electron chi connectivity index (χ2n) is 3.02. The summed E-state index contributed by atoms with van der Waals surface area (Å²) in [7, 11) is 0. The number of esters is 1. The molecule has 0 aliphatic heterocycles. The fourth-order valence-electron chi connectivity index (χ4n) is 1.24. The van der Waals surface area contributed by atoms with E-state index in [4.69, 9.17) is 4.74 Å². The molecule has 0 amide bonds. The summed E-state index contributed by atoms with van der Waals surface area (Å²) < 4.78 is 6.79. The van der Waals surface area contributed by atoms with E-state index in [1.54, 1.807) is 13.1 Å². The van der Waals surface area contributed by atoms with E-state index in [1.807, 2.05) is 17.7 Å². The number of hydrogen-bond donors (Lipinski definition) is 1. The van der Waals surface area contributed by atoms with Crippen LogP contribution in [0.5, 0.6) is 0 Å². The summed E-state index contributed by atoms with van der Waals surface area (Å²) in [4.78, 5) is 15.2. The zero-order chi connectivity index (χ0) is 11.1. The Morgan fingerprint density at radius 2 is 2.40 bits per heavy atom. The summed E-state index contributed by atoms with van der Waals surface area (Å²) in [5.74, 6) is 0.612. The highest BCUT2D eigenvalue weighted by molar-refractivity contribution is 5.69. The number of nitrogens with zero attached hydrogens (tertiary/aromatic N) is 2. The lowest BCUT2D eigenvalue weighted by atomic mass is 10.4. The zero-order valence-corrected chi connectivity index (χ0v) is 9.19. The van der Waals surface area contributed by atoms with E-state index < -0.39 is 0 Å². The van der Waals surface area contributed by atoms with Crippen LogP contribution in [0, 0.1) is 0 Å². The fourth-order valence-corrected chi connectivity index (χ4v) is 1.24. The molecular weight excluding hydrogens is 194 g/mol. The van der Waals surface area contributed by atoms with Crippen molar-refractivity contribution in [2.75, 3.05) is 18.5 Å². The van der Waals surface area contributed by atoms with E-state index in [0.717, 1.165) is 12.5 Å². The van der Waals surface area contributed by atoms with Gasteiger partial charge in [-0.05, 0) is 13.8 Å². The Morgan fingerprint density at radius 1 is 1.60 bits per heavy atom. The van der Waals surface area contributed by atoms with Gasteiger partial charge in [0.25, 0.3) is 0 Å². The average molecular weight is 211 g/mol. The predicted octanol–water partition coefficient (Wildman–Crippen LogP) is 1.27. The van der Waals surface area contributed by atoms with E-state index in [-0.39, 0.29) is 5.97 Å². The molecule has 1 aromatic heterocycles. The highest BCUT2D eigenvalue weighted by atomic mass is 16.5. The lowest BCUT2D eigenvalue weighted by Crippen LogP contribution is -2.13. The summed E-state index contributed by atoms with van der Waals surface area (Å²) in [6.45, 7) is 5.69. The van der Waals surface area contributed by atoms with Crippen LogP contribution in [-0.4, -0.2) is 28.7 Å². The highest BCUT2D eigenvalue weighted by Crippen LogP contribution is 2.03. The first-order valence-corrected chi connectivity index (χ1v) is 5.18. The van der Waals surface area contributed by atoms with Crippen molar-refractivity contribution in [3.8, 4) is 0 Å². The molecule has 1 rings (SSSR count). The van der Waals surface area contributed by atoms with Crippen LogP contribution in [0.15, 0.2) is 12.4 Å². The van der Waals surface area contributed by atoms with E-state index in [0.29, 0.717) is 19.6 Å². The average Bonchev–Trinajstić information content (AvgIpc) is 2.66. The molecule has 0 unspecified atom stereocenters. The predicted molar refractivity (Wildman–Crippen MR) is 57.6 cm³/mol. The number of carbonyl (C=O) groups is 1. The molecule has 84 valence electrons. The number of anilines is 1. The van der Waals surface area contributed by atoms with Crippen molar-refractivity contribution in [2.24, 2.45) is 0 Å². The van der Waals surface area contributed by atoms with Gasteiger partial charge in [0, 0.05) is 25.5 Å². The number of aromatic nitrogens is 2. The second kappa shape index (κ2) is 6.06. The van der Waals surface area contributed by atoms with Gasteiger partial charge in [-0.2, -0.15) is 0 Å². The van der Waals surface area contributed by atoms with Crippen LogP contribution in [-0.2, 0) is 16.1 Å². The number of imidazole rings is 1. The molecule has 5 nitrogen and oxygen atoms in total. The second-order valence-corrected chi connectivity index (χ2v) is 3.02. The fraction of sp³-hybridized carbons (Fsp3) is 0.600. The molecule has 0 saturated carbocycles. The molecule has 0 aliphatic rings. The van der Waals surface area contributed by atoms with Crippen molar-refractivity contribution < 1.29 is 9.53 Å². The first kappa shape index (κ1) is 11.6. The van der Waals surface area contributed by atoms with Crippen molar-refractivity contribution in [3.05, 3.63) is 12.4 Å². The van der Waals surface area contributed by atoms with Gasteiger partial charge in [0.15, 0.2) is 0 Å². The molecule has 0 radical (unpaired) electrons. The Morgan fingerprint density at radius 3 is 3.07 bits per heavy atom. The Bertz CT molecular complexity index is 309. The van der Waals surface area contributed by atoms with Crippen LogP contribution in [0.3, 0.4) is 0 Å². The highest BCUT2D eigenvalue weighted by Gasteiger charge is 2.03. The van der Waals surface area contributed by atoms with E-state index in [2.05, 4.69) is 10.3 Å². The molecule has 0 fully saturated rings. The monoisotopic (exact) mass is 211 g/mol. The molecule has 15 heavy (non-hydrogen) atoms. The first-order chi connectivity index (χ1) is 7.27. The quantitative estimate of drug-likeness (QED) is 0.720. The van der Waals surface area contributed by atoms with E-state index >= 15 is 0 Å². The van der Waals surface area contributed by atoms with Gasteiger partial charge in [-0.3, -0.25) is 4.79 Å². The Hall–Kier alpha value is -1.52. The van der Waals surface area contributed by atoms with Crippen LogP contribution in [0.2, 0.25) is 0 Å². The first-order valence-electron chi connectivity index (χ1n) is 5.18. The van der Waals surface area contributed by atoms with Gasteiger partial charge in [0.05, 0.1) is 13.0 Å². The van der Waals surface area contributed by atoms with Crippen molar-refractivity contribution in [1.29, 1.82) is 0 Å². The summed E-state index contributed by atoms with van der Waals surface area (Å²) in [6, 6.07) is 0. The van der Waals surface area contributed by atoms with Crippen molar-refractivity contribution in [3.63, 3.8) is 0 Å². The summed E-state index contributed by atoms with van der Waals surface area (Å²) in [5, 5.41) is 3.08. The van der Waals surface area contributed by atoms with E-state index in [1.165, 1.54) is 0 Å². The summed E-state index contributed by atoms with van der Waals surface area (Å²) in [6.07, 6.45) is 3.99. The number of ether oxygens (including phenoxy) is 1. The topological polar surface area (TPSA) is 56.1 Å². The molecule has 5 heteroatoms. The largest absolute Gasteiger partial charge is 0.466 e. The Balaban J connectivity index is 2.28. The lowest BCUT2D eigenvalue weighted by Gasteiger charge is -2.07. The molecule has 1 heterocycles. The van der Waals surface area contributed by atoms with Gasteiger partial charge in [-0.25, -0.2) is 4.98 Å². The van der Waals surface area contributed by atoms with Crippen molar-refractivity contribution in [1.82, 2.24) is 9.55 Å². The molecule has 0 bridgehead atoms. The van der Waals surface area contributed by atoms with Crippen LogP contribution in [0.25, 0.3) is 0 Å². The normalized spacial score (nSPS) is 10.0. The van der Waals surface area contributed by atoms with Crippen LogP contribution >= 0.6 is 0 Å². The van der Waals surface area contributed by atoms with Gasteiger partial charge in [0.1, 0.15) is 0 Å². The maximum Gasteiger partial charge on any atom is 0.307 e. The molecular formula is C10H17N3O2. The molecule has 1 N–H and O–H groups in total.